The van der Waals surface area contributed by atoms with Crippen molar-refractivity contribution in [3.8, 4) is 11.8 Å². The summed E-state index contributed by atoms with van der Waals surface area (Å²) < 4.78 is 5.80. The van der Waals surface area contributed by atoms with E-state index in [1.165, 1.54) is 0 Å². The van der Waals surface area contributed by atoms with Gasteiger partial charge < -0.3 is 9.84 Å². The van der Waals surface area contributed by atoms with Crippen LogP contribution in [-0.2, 0) is 0 Å². The monoisotopic (exact) mass is 255 g/mol. The van der Waals surface area contributed by atoms with E-state index in [4.69, 9.17) is 10.00 Å². The fraction of sp³-hybridized carbons (Fsp3) is 0.312. The van der Waals surface area contributed by atoms with Crippen LogP contribution < -0.4 is 4.74 Å². The quantitative estimate of drug-likeness (QED) is 0.908. The van der Waals surface area contributed by atoms with Gasteiger partial charge in [0, 0.05) is 10.9 Å². The summed E-state index contributed by atoms with van der Waals surface area (Å²) in [6, 6.07) is 13.7. The molecule has 0 aliphatic carbocycles. The van der Waals surface area contributed by atoms with Crippen molar-refractivity contribution in [1.82, 2.24) is 0 Å². The Morgan fingerprint density at radius 2 is 2.00 bits per heavy atom. The standard InChI is InChI=1S/C16H17NO2/c1-3-13(10-17)19-16-14(11(2)18)9-8-12-6-4-5-7-15(12)16/h4-9,11,13,18H,3H2,1-2H3/t11-,13?/m1/s1. The second kappa shape index (κ2) is 5.73. The Kier molecular flexibility index (Phi) is 4.03. The van der Waals surface area contributed by atoms with Gasteiger partial charge in [0.05, 0.1) is 6.10 Å². The molecule has 0 amide bonds. The summed E-state index contributed by atoms with van der Waals surface area (Å²) >= 11 is 0. The first-order valence-corrected chi connectivity index (χ1v) is 6.43. The van der Waals surface area contributed by atoms with E-state index in [2.05, 4.69) is 6.07 Å². The minimum atomic E-state index is -0.629. The number of fused-ring (bicyclic) bond motifs is 1. The fourth-order valence-corrected chi connectivity index (χ4v) is 2.06. The maximum Gasteiger partial charge on any atom is 0.184 e. The minimum absolute atomic E-state index is 0.497. The SMILES string of the molecule is CCC(C#N)Oc1c([C@@H](C)O)ccc2ccccc12. The molecule has 2 rings (SSSR count). The van der Waals surface area contributed by atoms with Crippen molar-refractivity contribution < 1.29 is 9.84 Å². The van der Waals surface area contributed by atoms with Crippen LogP contribution in [0.25, 0.3) is 10.8 Å². The van der Waals surface area contributed by atoms with E-state index in [1.807, 2.05) is 43.3 Å². The Morgan fingerprint density at radius 3 is 2.63 bits per heavy atom. The van der Waals surface area contributed by atoms with E-state index < -0.39 is 12.2 Å². The number of hydrogen-bond acceptors (Lipinski definition) is 3. The summed E-state index contributed by atoms with van der Waals surface area (Å²) in [5, 5.41) is 20.9. The van der Waals surface area contributed by atoms with Crippen molar-refractivity contribution in [1.29, 1.82) is 5.26 Å². The van der Waals surface area contributed by atoms with Crippen LogP contribution in [0.15, 0.2) is 36.4 Å². The van der Waals surface area contributed by atoms with E-state index in [9.17, 15) is 5.11 Å². The predicted molar refractivity (Wildman–Crippen MR) is 74.9 cm³/mol. The normalized spacial score (nSPS) is 13.8. The van der Waals surface area contributed by atoms with Crippen LogP contribution >= 0.6 is 0 Å². The van der Waals surface area contributed by atoms with Gasteiger partial charge in [0.2, 0.25) is 0 Å². The number of benzene rings is 2. The molecule has 0 spiro atoms. The van der Waals surface area contributed by atoms with Crippen LogP contribution in [0.1, 0.15) is 31.9 Å². The molecule has 19 heavy (non-hydrogen) atoms. The van der Waals surface area contributed by atoms with Gasteiger partial charge >= 0.3 is 0 Å². The number of rotatable bonds is 4. The summed E-state index contributed by atoms with van der Waals surface area (Å²) in [6.45, 7) is 3.60. The molecule has 98 valence electrons. The molecule has 0 bridgehead atoms. The van der Waals surface area contributed by atoms with Gasteiger partial charge in [-0.1, -0.05) is 43.3 Å². The topological polar surface area (TPSA) is 53.2 Å². The molecule has 0 aliphatic rings. The van der Waals surface area contributed by atoms with Crippen LogP contribution in [0.3, 0.4) is 0 Å². The van der Waals surface area contributed by atoms with E-state index in [-0.39, 0.29) is 0 Å². The maximum atomic E-state index is 9.86. The molecule has 3 nitrogen and oxygen atoms in total. The molecular weight excluding hydrogens is 238 g/mol. The summed E-state index contributed by atoms with van der Waals surface area (Å²) in [5.74, 6) is 0.613. The number of hydrogen-bond donors (Lipinski definition) is 1. The maximum absolute atomic E-state index is 9.86. The zero-order valence-electron chi connectivity index (χ0n) is 11.1. The number of nitriles is 1. The average molecular weight is 255 g/mol. The molecule has 0 heterocycles. The van der Waals surface area contributed by atoms with Crippen molar-refractivity contribution in [2.24, 2.45) is 0 Å². The predicted octanol–water partition coefficient (Wildman–Crippen LogP) is 3.57. The van der Waals surface area contributed by atoms with Crippen molar-refractivity contribution in [3.63, 3.8) is 0 Å². The Morgan fingerprint density at radius 1 is 1.26 bits per heavy atom. The smallest absolute Gasteiger partial charge is 0.184 e. The van der Waals surface area contributed by atoms with Crippen LogP contribution in [0.4, 0.5) is 0 Å². The van der Waals surface area contributed by atoms with Crippen LogP contribution in [0, 0.1) is 11.3 Å². The van der Waals surface area contributed by atoms with Gasteiger partial charge in [0.15, 0.2) is 6.10 Å². The first-order chi connectivity index (χ1) is 9.17. The van der Waals surface area contributed by atoms with Gasteiger partial charge in [0.1, 0.15) is 11.8 Å². The molecule has 2 aromatic rings. The molecule has 2 atom stereocenters. The molecule has 0 fully saturated rings. The van der Waals surface area contributed by atoms with Gasteiger partial charge in [-0.05, 0) is 18.7 Å². The lowest BCUT2D eigenvalue weighted by Crippen LogP contribution is -2.14. The van der Waals surface area contributed by atoms with E-state index in [0.717, 1.165) is 10.8 Å². The van der Waals surface area contributed by atoms with Gasteiger partial charge in [0.25, 0.3) is 0 Å². The molecule has 0 aliphatic heterocycles. The van der Waals surface area contributed by atoms with Gasteiger partial charge in [-0.3, -0.25) is 0 Å². The molecule has 1 N–H and O–H groups in total. The third-order valence-electron chi connectivity index (χ3n) is 3.14. The summed E-state index contributed by atoms with van der Waals surface area (Å²) in [7, 11) is 0. The highest BCUT2D eigenvalue weighted by molar-refractivity contribution is 5.89. The number of nitrogens with zero attached hydrogens (tertiary/aromatic N) is 1. The Balaban J connectivity index is 2.59. The number of aliphatic hydroxyl groups excluding tert-OH is 1. The molecule has 0 aromatic heterocycles. The lowest BCUT2D eigenvalue weighted by Gasteiger charge is -2.18. The van der Waals surface area contributed by atoms with Crippen molar-refractivity contribution in [2.75, 3.05) is 0 Å². The molecule has 0 saturated carbocycles. The lowest BCUT2D eigenvalue weighted by molar-refractivity contribution is 0.186. The van der Waals surface area contributed by atoms with Crippen LogP contribution in [0.2, 0.25) is 0 Å². The second-order valence-corrected chi connectivity index (χ2v) is 4.52. The highest BCUT2D eigenvalue weighted by Crippen LogP contribution is 2.34. The van der Waals surface area contributed by atoms with Crippen LogP contribution in [-0.4, -0.2) is 11.2 Å². The van der Waals surface area contributed by atoms with E-state index in [1.54, 1.807) is 6.92 Å². The van der Waals surface area contributed by atoms with Gasteiger partial charge in [-0.2, -0.15) is 5.26 Å². The van der Waals surface area contributed by atoms with E-state index >= 15 is 0 Å². The molecule has 0 saturated heterocycles. The summed E-state index contributed by atoms with van der Waals surface area (Å²) in [5.41, 5.74) is 0.715. The Hall–Kier alpha value is -2.05. The second-order valence-electron chi connectivity index (χ2n) is 4.52. The zero-order valence-corrected chi connectivity index (χ0v) is 11.1. The summed E-state index contributed by atoms with van der Waals surface area (Å²) in [4.78, 5) is 0. The van der Waals surface area contributed by atoms with E-state index in [0.29, 0.717) is 17.7 Å². The highest BCUT2D eigenvalue weighted by Gasteiger charge is 2.16. The number of ether oxygens (including phenoxy) is 1. The number of aliphatic hydroxyl groups is 1. The summed E-state index contributed by atoms with van der Waals surface area (Å²) in [6.07, 6.45) is -0.516. The largest absolute Gasteiger partial charge is 0.475 e. The first kappa shape index (κ1) is 13.4. The van der Waals surface area contributed by atoms with Crippen molar-refractivity contribution >= 4 is 10.8 Å². The fourth-order valence-electron chi connectivity index (χ4n) is 2.06. The molecular formula is C16H17NO2. The van der Waals surface area contributed by atoms with Crippen molar-refractivity contribution in [3.05, 3.63) is 42.0 Å². The molecule has 0 radical (unpaired) electrons. The van der Waals surface area contributed by atoms with Crippen LogP contribution in [0.5, 0.6) is 5.75 Å². The third kappa shape index (κ3) is 2.69. The first-order valence-electron chi connectivity index (χ1n) is 6.43. The highest BCUT2D eigenvalue weighted by atomic mass is 16.5. The molecule has 1 unspecified atom stereocenters. The average Bonchev–Trinajstić information content (AvgIpc) is 2.44. The Labute approximate surface area is 113 Å². The third-order valence-corrected chi connectivity index (χ3v) is 3.14. The zero-order chi connectivity index (χ0) is 13.8. The van der Waals surface area contributed by atoms with Gasteiger partial charge in [-0.15, -0.1) is 0 Å². The molecule has 2 aromatic carbocycles. The molecule has 3 heteroatoms. The minimum Gasteiger partial charge on any atom is -0.475 e. The lowest BCUT2D eigenvalue weighted by atomic mass is 10.0. The Bertz CT molecular complexity index is 614. The van der Waals surface area contributed by atoms with Crippen molar-refractivity contribution in [2.45, 2.75) is 32.5 Å². The van der Waals surface area contributed by atoms with Gasteiger partial charge in [-0.25, -0.2) is 0 Å².